The van der Waals surface area contributed by atoms with E-state index in [0.717, 1.165) is 27.9 Å². The summed E-state index contributed by atoms with van der Waals surface area (Å²) >= 11 is 0. The van der Waals surface area contributed by atoms with Gasteiger partial charge in [0.05, 0.1) is 16.1 Å². The molecule has 7 heteroatoms. The molecule has 0 saturated carbocycles. The second-order valence-electron chi connectivity index (χ2n) is 13.0. The molecule has 0 aliphatic carbocycles. The first-order valence-corrected chi connectivity index (χ1v) is 16.9. The van der Waals surface area contributed by atoms with Crippen LogP contribution >= 0.6 is 0 Å². The molecule has 5 aromatic rings. The van der Waals surface area contributed by atoms with Crippen LogP contribution in [0.4, 0.5) is 17.1 Å². The van der Waals surface area contributed by atoms with E-state index in [-0.39, 0.29) is 16.2 Å². The molecule has 0 radical (unpaired) electrons. The first-order chi connectivity index (χ1) is 21.9. The highest BCUT2D eigenvalue weighted by Gasteiger charge is 2.40. The quantitative estimate of drug-likeness (QED) is 0.195. The molecule has 0 spiro atoms. The lowest BCUT2D eigenvalue weighted by Crippen LogP contribution is -2.49. The standard InChI is InChI=1S/C39H39N3O3S/c1-27-11-19-32(20-12-27)40-46(44,45)34-23-24-36-35(25-34)38(43)42(33-21-13-28(2)14-22-33)37(41(36)26-29-9-7-6-8-10-29)30-15-17-31(18-16-30)39(3,4)5/h6-25,37,40H,26H2,1-5H3/t37-/m1/s1. The van der Waals surface area contributed by atoms with Crippen molar-refractivity contribution in [2.45, 2.75) is 57.6 Å². The van der Waals surface area contributed by atoms with Crippen molar-refractivity contribution in [2.75, 3.05) is 14.5 Å². The predicted octanol–water partition coefficient (Wildman–Crippen LogP) is 8.77. The van der Waals surface area contributed by atoms with E-state index in [4.69, 9.17) is 0 Å². The Morgan fingerprint density at radius 2 is 1.35 bits per heavy atom. The number of anilines is 3. The third kappa shape index (κ3) is 6.28. The minimum atomic E-state index is -3.97. The monoisotopic (exact) mass is 629 g/mol. The maximum Gasteiger partial charge on any atom is 0.262 e. The number of amides is 1. The number of hydrogen-bond donors (Lipinski definition) is 1. The normalized spacial score (nSPS) is 15.1. The molecule has 1 N–H and O–H groups in total. The zero-order valence-electron chi connectivity index (χ0n) is 26.9. The van der Waals surface area contributed by atoms with Crippen molar-refractivity contribution in [1.82, 2.24) is 0 Å². The molecule has 6 rings (SSSR count). The Morgan fingerprint density at radius 1 is 0.739 bits per heavy atom. The van der Waals surface area contributed by atoms with Gasteiger partial charge in [0.1, 0.15) is 6.17 Å². The number of nitrogens with zero attached hydrogens (tertiary/aromatic N) is 2. The fourth-order valence-corrected chi connectivity index (χ4v) is 6.94. The Hall–Kier alpha value is -4.88. The van der Waals surface area contributed by atoms with Crippen molar-refractivity contribution in [2.24, 2.45) is 0 Å². The van der Waals surface area contributed by atoms with E-state index in [2.05, 4.69) is 66.8 Å². The van der Waals surface area contributed by atoms with Gasteiger partial charge in [0.15, 0.2) is 0 Å². The average Bonchev–Trinajstić information content (AvgIpc) is 3.04. The van der Waals surface area contributed by atoms with Crippen LogP contribution in [-0.4, -0.2) is 14.3 Å². The molecule has 1 amide bonds. The van der Waals surface area contributed by atoms with Gasteiger partial charge in [-0.05, 0) is 78.4 Å². The molecule has 1 aliphatic heterocycles. The topological polar surface area (TPSA) is 69.7 Å². The summed E-state index contributed by atoms with van der Waals surface area (Å²) in [5, 5.41) is 0. The van der Waals surface area contributed by atoms with E-state index >= 15 is 0 Å². The van der Waals surface area contributed by atoms with E-state index in [0.29, 0.717) is 23.5 Å². The molecule has 0 bridgehead atoms. The van der Waals surface area contributed by atoms with Crippen LogP contribution in [0.25, 0.3) is 0 Å². The lowest BCUT2D eigenvalue weighted by Gasteiger charge is -2.46. The fraction of sp³-hybridized carbons (Fsp3) is 0.205. The first kappa shape index (κ1) is 31.1. The van der Waals surface area contributed by atoms with Gasteiger partial charge in [-0.25, -0.2) is 8.42 Å². The summed E-state index contributed by atoms with van der Waals surface area (Å²) in [5.41, 5.74) is 7.50. The second kappa shape index (κ2) is 12.1. The average molecular weight is 630 g/mol. The van der Waals surface area contributed by atoms with Crippen LogP contribution in [0, 0.1) is 13.8 Å². The third-order valence-corrected chi connectivity index (χ3v) is 9.84. The van der Waals surface area contributed by atoms with Crippen molar-refractivity contribution in [3.63, 3.8) is 0 Å². The summed E-state index contributed by atoms with van der Waals surface area (Å²) in [5.74, 6) is -0.263. The minimum Gasteiger partial charge on any atom is -0.342 e. The summed E-state index contributed by atoms with van der Waals surface area (Å²) in [6.45, 7) is 11.0. The predicted molar refractivity (Wildman–Crippen MR) is 187 cm³/mol. The number of rotatable bonds is 7. The van der Waals surface area contributed by atoms with Gasteiger partial charge in [-0.15, -0.1) is 0 Å². The Morgan fingerprint density at radius 3 is 1.96 bits per heavy atom. The molecule has 0 fully saturated rings. The largest absolute Gasteiger partial charge is 0.342 e. The number of benzene rings is 5. The van der Waals surface area contributed by atoms with E-state index in [1.807, 2.05) is 68.4 Å². The fourth-order valence-electron chi connectivity index (χ4n) is 5.85. The Labute approximate surface area is 272 Å². The van der Waals surface area contributed by atoms with Gasteiger partial charge in [0, 0.05) is 17.9 Å². The molecule has 1 atom stereocenters. The van der Waals surface area contributed by atoms with E-state index in [1.54, 1.807) is 29.2 Å². The zero-order valence-corrected chi connectivity index (χ0v) is 27.7. The smallest absolute Gasteiger partial charge is 0.262 e. The van der Waals surface area contributed by atoms with Crippen molar-refractivity contribution < 1.29 is 13.2 Å². The summed E-state index contributed by atoms with van der Waals surface area (Å²) in [6, 6.07) is 38.5. The number of nitrogens with one attached hydrogen (secondary N) is 1. The van der Waals surface area contributed by atoms with Crippen LogP contribution < -0.4 is 14.5 Å². The summed E-state index contributed by atoms with van der Waals surface area (Å²) in [4.78, 5) is 18.7. The molecule has 46 heavy (non-hydrogen) atoms. The Bertz CT molecular complexity index is 1960. The molecule has 5 aromatic carbocycles. The number of carbonyl (C=O) groups is 1. The van der Waals surface area contributed by atoms with Crippen molar-refractivity contribution >= 4 is 33.0 Å². The van der Waals surface area contributed by atoms with Crippen molar-refractivity contribution in [3.8, 4) is 0 Å². The number of carbonyl (C=O) groups excluding carboxylic acids is 1. The van der Waals surface area contributed by atoms with Crippen LogP contribution in [0.5, 0.6) is 0 Å². The van der Waals surface area contributed by atoms with Crippen LogP contribution in [0.1, 0.15) is 65.1 Å². The highest BCUT2D eigenvalue weighted by molar-refractivity contribution is 7.92. The van der Waals surface area contributed by atoms with E-state index in [1.165, 1.54) is 11.6 Å². The molecule has 0 aromatic heterocycles. The van der Waals surface area contributed by atoms with Gasteiger partial charge in [-0.1, -0.05) is 111 Å². The summed E-state index contributed by atoms with van der Waals surface area (Å²) in [7, 11) is -3.97. The Balaban J connectivity index is 1.52. The summed E-state index contributed by atoms with van der Waals surface area (Å²) in [6.07, 6.45) is -0.481. The Kier molecular flexibility index (Phi) is 8.21. The lowest BCUT2D eigenvalue weighted by molar-refractivity contribution is 0.0968. The summed E-state index contributed by atoms with van der Waals surface area (Å²) < 4.78 is 29.8. The van der Waals surface area contributed by atoms with Gasteiger partial charge in [-0.3, -0.25) is 14.4 Å². The SMILES string of the molecule is Cc1ccc(NS(=O)(=O)c2ccc3c(c2)C(=O)N(c2ccc(C)cc2)[C@H](c2ccc(C(C)(C)C)cc2)N3Cc2ccccc2)cc1. The molecule has 234 valence electrons. The number of sulfonamides is 1. The number of hydrogen-bond acceptors (Lipinski definition) is 4. The van der Waals surface area contributed by atoms with Crippen LogP contribution in [0.3, 0.4) is 0 Å². The van der Waals surface area contributed by atoms with E-state index < -0.39 is 16.2 Å². The first-order valence-electron chi connectivity index (χ1n) is 15.5. The van der Waals surface area contributed by atoms with E-state index in [9.17, 15) is 13.2 Å². The lowest BCUT2D eigenvalue weighted by atomic mass is 9.86. The molecular formula is C39H39N3O3S. The maximum absolute atomic E-state index is 14.7. The molecule has 6 nitrogen and oxygen atoms in total. The highest BCUT2D eigenvalue weighted by atomic mass is 32.2. The van der Waals surface area contributed by atoms with Crippen molar-refractivity contribution in [1.29, 1.82) is 0 Å². The van der Waals surface area contributed by atoms with Gasteiger partial charge in [0.25, 0.3) is 15.9 Å². The second-order valence-corrected chi connectivity index (χ2v) is 14.7. The third-order valence-electron chi connectivity index (χ3n) is 8.46. The highest BCUT2D eigenvalue weighted by Crippen LogP contribution is 2.43. The number of fused-ring (bicyclic) bond motifs is 1. The van der Waals surface area contributed by atoms with Gasteiger partial charge in [0.2, 0.25) is 0 Å². The minimum absolute atomic E-state index is 0.0247. The van der Waals surface area contributed by atoms with Gasteiger partial charge >= 0.3 is 0 Å². The molecule has 0 unspecified atom stereocenters. The molecule has 0 saturated heterocycles. The van der Waals surface area contributed by atoms with Crippen LogP contribution in [0.15, 0.2) is 126 Å². The number of aryl methyl sites for hydroxylation is 2. The van der Waals surface area contributed by atoms with Gasteiger partial charge in [-0.2, -0.15) is 0 Å². The van der Waals surface area contributed by atoms with Crippen LogP contribution in [0.2, 0.25) is 0 Å². The van der Waals surface area contributed by atoms with Crippen molar-refractivity contribution in [3.05, 3.63) is 155 Å². The zero-order chi connectivity index (χ0) is 32.6. The molecular weight excluding hydrogens is 591 g/mol. The molecule has 1 heterocycles. The molecule has 1 aliphatic rings. The van der Waals surface area contributed by atoms with Crippen LogP contribution in [-0.2, 0) is 22.0 Å². The van der Waals surface area contributed by atoms with Gasteiger partial charge < -0.3 is 4.90 Å². The maximum atomic E-state index is 14.7.